The van der Waals surface area contributed by atoms with E-state index in [-0.39, 0.29) is 30.2 Å². The van der Waals surface area contributed by atoms with Gasteiger partial charge in [-0.05, 0) is 24.1 Å². The van der Waals surface area contributed by atoms with Crippen molar-refractivity contribution < 1.29 is 24.0 Å². The smallest absolute Gasteiger partial charge is 0.275 e. The number of hydrogen-bond donors (Lipinski definition) is 2. The van der Waals surface area contributed by atoms with Gasteiger partial charge in [-0.1, -0.05) is 42.9 Å². The van der Waals surface area contributed by atoms with Crippen LogP contribution in [0.5, 0.6) is 0 Å². The summed E-state index contributed by atoms with van der Waals surface area (Å²) in [5.74, 6) is -0.180. The summed E-state index contributed by atoms with van der Waals surface area (Å²) in [6, 6.07) is 7.19. The monoisotopic (exact) mass is 392 g/mol. The molecule has 0 aromatic heterocycles. The minimum Gasteiger partial charge on any atom is -0.471 e. The molecule has 0 fully saturated rings. The Morgan fingerprint density at radius 3 is 2.50 bits per heavy atom. The van der Waals surface area contributed by atoms with Gasteiger partial charge in [0.15, 0.2) is 5.71 Å². The largest absolute Gasteiger partial charge is 0.471 e. The topological polar surface area (TPSA) is 103 Å². The molecule has 9 heteroatoms. The summed E-state index contributed by atoms with van der Waals surface area (Å²) in [6.45, 7) is 7.86. The molecule has 0 spiro atoms. The Morgan fingerprint density at radius 2 is 1.89 bits per heavy atom. The van der Waals surface area contributed by atoms with Crippen LogP contribution in [0, 0.1) is 0 Å². The molecule has 0 aliphatic rings. The molecule has 0 saturated carbocycles. The number of carbonyl (C=O) groups excluding carboxylic acids is 1. The van der Waals surface area contributed by atoms with Crippen LogP contribution in [0.25, 0.3) is 0 Å². The van der Waals surface area contributed by atoms with E-state index in [4.69, 9.17) is 19.2 Å². The highest BCUT2D eigenvalue weighted by Gasteiger charge is 2.18. The third-order valence-electron chi connectivity index (χ3n) is 3.64. The highest BCUT2D eigenvalue weighted by molar-refractivity contribution is 6.45. The van der Waals surface area contributed by atoms with Gasteiger partial charge in [0.1, 0.15) is 26.5 Å². The second kappa shape index (κ2) is 12.3. The van der Waals surface area contributed by atoms with Crippen molar-refractivity contribution in [3.8, 4) is 0 Å². The number of likely N-dealkylation sites (N-methyl/N-ethyl adjacent to an activating group) is 1. The Hall–Kier alpha value is -3.07. The fourth-order valence-electron chi connectivity index (χ4n) is 2.05. The molecule has 0 saturated heterocycles. The molecule has 154 valence electrons. The Balaban J connectivity index is 2.86. The second-order valence-electron chi connectivity index (χ2n) is 5.64. The number of oxime groups is 2. The van der Waals surface area contributed by atoms with Gasteiger partial charge < -0.3 is 19.7 Å². The maximum Gasteiger partial charge on any atom is 0.275 e. The van der Waals surface area contributed by atoms with Crippen molar-refractivity contribution in [1.29, 1.82) is 0 Å². The summed E-state index contributed by atoms with van der Waals surface area (Å²) in [6.07, 6.45) is 0.735. The highest BCUT2D eigenvalue weighted by Crippen LogP contribution is 2.12. The first-order valence-electron chi connectivity index (χ1n) is 8.74. The molecule has 28 heavy (non-hydrogen) atoms. The maximum absolute atomic E-state index is 12.1. The minimum absolute atomic E-state index is 0.0615. The summed E-state index contributed by atoms with van der Waals surface area (Å²) >= 11 is 0. The number of amides is 1. The van der Waals surface area contributed by atoms with Gasteiger partial charge in [0.05, 0.1) is 6.10 Å². The molecule has 1 rings (SSSR count). The molecular formula is C19H28N4O5. The van der Waals surface area contributed by atoms with Gasteiger partial charge in [-0.15, -0.1) is 0 Å². The van der Waals surface area contributed by atoms with Crippen LogP contribution < -0.4 is 10.8 Å². The van der Waals surface area contributed by atoms with Crippen LogP contribution in [0.15, 0.2) is 46.9 Å². The Bertz CT molecular complexity index is 718. The van der Waals surface area contributed by atoms with Crippen LogP contribution >= 0.6 is 0 Å². The molecular weight excluding hydrogens is 364 g/mol. The molecule has 1 amide bonds. The summed E-state index contributed by atoms with van der Waals surface area (Å²) in [5.41, 5.74) is 4.43. The van der Waals surface area contributed by atoms with Gasteiger partial charge in [0.2, 0.25) is 0 Å². The van der Waals surface area contributed by atoms with E-state index in [0.717, 1.165) is 12.0 Å². The van der Waals surface area contributed by atoms with E-state index in [9.17, 15) is 4.79 Å². The number of hydrogen-bond acceptors (Lipinski definition) is 8. The first-order valence-corrected chi connectivity index (χ1v) is 8.74. The number of rotatable bonds is 11. The van der Waals surface area contributed by atoms with Crippen molar-refractivity contribution in [2.24, 2.45) is 10.3 Å². The van der Waals surface area contributed by atoms with Gasteiger partial charge >= 0.3 is 0 Å². The number of ether oxygens (including phenoxy) is 1. The maximum atomic E-state index is 12.1. The molecule has 0 radical (unpaired) electrons. The molecule has 0 aliphatic carbocycles. The summed E-state index contributed by atoms with van der Waals surface area (Å²) in [5, 5.41) is 10.2. The molecule has 1 aromatic carbocycles. The summed E-state index contributed by atoms with van der Waals surface area (Å²) in [4.78, 5) is 27.2. The normalized spacial score (nSPS) is 12.8. The van der Waals surface area contributed by atoms with Gasteiger partial charge in [-0.2, -0.15) is 0 Å². The average Bonchev–Trinajstić information content (AvgIpc) is 2.71. The zero-order valence-electron chi connectivity index (χ0n) is 16.9. The Kier molecular flexibility index (Phi) is 10.1. The van der Waals surface area contributed by atoms with Crippen LogP contribution in [-0.2, 0) is 30.7 Å². The molecule has 9 nitrogen and oxygen atoms in total. The molecule has 1 unspecified atom stereocenters. The lowest BCUT2D eigenvalue weighted by Gasteiger charge is -2.17. The van der Waals surface area contributed by atoms with E-state index >= 15 is 0 Å². The van der Waals surface area contributed by atoms with Crippen molar-refractivity contribution >= 4 is 17.5 Å². The van der Waals surface area contributed by atoms with Crippen LogP contribution in [0.2, 0.25) is 0 Å². The van der Waals surface area contributed by atoms with Crippen molar-refractivity contribution in [3.63, 3.8) is 0 Å². The van der Waals surface area contributed by atoms with Crippen molar-refractivity contribution in [1.82, 2.24) is 10.8 Å². The minimum atomic E-state index is -0.372. The predicted molar refractivity (Wildman–Crippen MR) is 106 cm³/mol. The third kappa shape index (κ3) is 6.92. The van der Waals surface area contributed by atoms with Crippen molar-refractivity contribution in [2.45, 2.75) is 33.0 Å². The Labute approximate surface area is 165 Å². The van der Waals surface area contributed by atoms with Gasteiger partial charge in [0, 0.05) is 12.6 Å². The van der Waals surface area contributed by atoms with E-state index in [1.807, 2.05) is 26.0 Å². The third-order valence-corrected chi connectivity index (χ3v) is 3.64. The zero-order chi connectivity index (χ0) is 20.9. The standard InChI is InChI=1S/C19H28N4O5/c1-7-13(2)28-19(23-26-6)14(3)21-27-12-15-10-8-9-11-16(15)17(22-25-5)18(24)20-4/h8-11,13,21H,3,7,12H2,1-2,4-6H3,(H,20,24). The summed E-state index contributed by atoms with van der Waals surface area (Å²) < 4.78 is 5.64. The molecule has 0 heterocycles. The number of carbonyl (C=O) groups is 1. The van der Waals surface area contributed by atoms with Gasteiger partial charge in [-0.25, -0.2) is 0 Å². The Morgan fingerprint density at radius 1 is 1.21 bits per heavy atom. The fourth-order valence-corrected chi connectivity index (χ4v) is 2.05. The molecule has 0 bridgehead atoms. The lowest BCUT2D eigenvalue weighted by molar-refractivity contribution is -0.114. The zero-order valence-corrected chi connectivity index (χ0v) is 16.9. The van der Waals surface area contributed by atoms with E-state index in [0.29, 0.717) is 11.3 Å². The second-order valence-corrected chi connectivity index (χ2v) is 5.64. The van der Waals surface area contributed by atoms with Crippen LogP contribution in [0.3, 0.4) is 0 Å². The van der Waals surface area contributed by atoms with Crippen molar-refractivity contribution in [2.75, 3.05) is 21.3 Å². The van der Waals surface area contributed by atoms with Gasteiger partial charge in [-0.3, -0.25) is 15.1 Å². The van der Waals surface area contributed by atoms with E-state index in [2.05, 4.69) is 27.7 Å². The van der Waals surface area contributed by atoms with E-state index < -0.39 is 0 Å². The first-order chi connectivity index (χ1) is 13.5. The summed E-state index contributed by atoms with van der Waals surface area (Å²) in [7, 11) is 4.31. The lowest BCUT2D eigenvalue weighted by atomic mass is 10.0. The number of nitrogens with zero attached hydrogens (tertiary/aromatic N) is 2. The predicted octanol–water partition coefficient (Wildman–Crippen LogP) is 2.09. The fraction of sp³-hybridized carbons (Fsp3) is 0.421. The first kappa shape index (κ1) is 23.0. The van der Waals surface area contributed by atoms with Crippen LogP contribution in [0.1, 0.15) is 31.4 Å². The number of hydroxylamine groups is 1. The van der Waals surface area contributed by atoms with E-state index in [1.165, 1.54) is 21.3 Å². The molecule has 1 aromatic rings. The highest BCUT2D eigenvalue weighted by atomic mass is 16.7. The average molecular weight is 392 g/mol. The lowest BCUT2D eigenvalue weighted by Crippen LogP contribution is -2.30. The number of benzene rings is 1. The molecule has 1 atom stereocenters. The van der Waals surface area contributed by atoms with E-state index in [1.54, 1.807) is 12.1 Å². The quantitative estimate of drug-likeness (QED) is 0.340. The number of nitrogens with one attached hydrogen (secondary N) is 2. The van der Waals surface area contributed by atoms with Crippen LogP contribution in [0.4, 0.5) is 0 Å². The van der Waals surface area contributed by atoms with Crippen molar-refractivity contribution in [3.05, 3.63) is 47.7 Å². The van der Waals surface area contributed by atoms with Gasteiger partial charge in [0.25, 0.3) is 11.8 Å². The molecule has 0 aliphatic heterocycles. The SMILES string of the molecule is C=C(NOCc1ccccc1C(=NOC)C(=O)NC)C(=NOC)OC(C)CC. The molecule has 2 N–H and O–H groups in total. The van der Waals surface area contributed by atoms with Crippen LogP contribution in [-0.4, -0.2) is 44.9 Å².